The molecule has 0 saturated heterocycles. The zero-order chi connectivity index (χ0) is 15.2. The van der Waals surface area contributed by atoms with Crippen molar-refractivity contribution in [2.75, 3.05) is 6.54 Å². The van der Waals surface area contributed by atoms with Gasteiger partial charge in [-0.05, 0) is 25.1 Å². The standard InChI is InChI=1S/C14H13ClN4O2/c1-9-18-13(21-19-9)8-17-14(20)11-5-4-10(3-2-6-16)12(15)7-11/h4-5,7H,6,8,16H2,1H3,(H,17,20). The van der Waals surface area contributed by atoms with Crippen LogP contribution in [0.5, 0.6) is 0 Å². The first-order chi connectivity index (χ1) is 10.1. The highest BCUT2D eigenvalue weighted by molar-refractivity contribution is 6.32. The van der Waals surface area contributed by atoms with Crippen molar-refractivity contribution in [1.29, 1.82) is 0 Å². The normalized spacial score (nSPS) is 9.86. The minimum atomic E-state index is -0.286. The molecular weight excluding hydrogens is 292 g/mol. The van der Waals surface area contributed by atoms with Crippen molar-refractivity contribution in [2.24, 2.45) is 5.73 Å². The molecule has 3 N–H and O–H groups in total. The average Bonchev–Trinajstić information content (AvgIpc) is 2.89. The predicted octanol–water partition coefficient (Wildman–Crippen LogP) is 1.27. The second kappa shape index (κ2) is 6.88. The van der Waals surface area contributed by atoms with Crippen molar-refractivity contribution in [3.8, 4) is 11.8 Å². The topological polar surface area (TPSA) is 94.0 Å². The third-order valence-electron chi connectivity index (χ3n) is 2.53. The first-order valence-electron chi connectivity index (χ1n) is 6.16. The molecular formula is C14H13ClN4O2. The SMILES string of the molecule is Cc1noc(CNC(=O)c2ccc(C#CCN)c(Cl)c2)n1. The van der Waals surface area contributed by atoms with E-state index in [2.05, 4.69) is 27.3 Å². The number of nitrogens with one attached hydrogen (secondary N) is 1. The Bertz CT molecular complexity index is 715. The molecule has 1 amide bonds. The summed E-state index contributed by atoms with van der Waals surface area (Å²) in [6.07, 6.45) is 0. The van der Waals surface area contributed by atoms with Crippen LogP contribution >= 0.6 is 11.6 Å². The number of benzene rings is 1. The van der Waals surface area contributed by atoms with Gasteiger partial charge in [0.05, 0.1) is 18.1 Å². The van der Waals surface area contributed by atoms with Gasteiger partial charge in [0, 0.05) is 11.1 Å². The van der Waals surface area contributed by atoms with Crippen molar-refractivity contribution in [3.05, 3.63) is 46.1 Å². The molecule has 2 rings (SSSR count). The number of aryl methyl sites for hydroxylation is 1. The molecule has 6 nitrogen and oxygen atoms in total. The lowest BCUT2D eigenvalue weighted by molar-refractivity contribution is 0.0946. The number of carbonyl (C=O) groups is 1. The first-order valence-corrected chi connectivity index (χ1v) is 6.54. The van der Waals surface area contributed by atoms with Crippen LogP contribution in [0.4, 0.5) is 0 Å². The molecule has 0 saturated carbocycles. The Kier molecular flexibility index (Phi) is 4.93. The van der Waals surface area contributed by atoms with Crippen molar-refractivity contribution in [1.82, 2.24) is 15.5 Å². The smallest absolute Gasteiger partial charge is 0.251 e. The van der Waals surface area contributed by atoms with Gasteiger partial charge in [0.15, 0.2) is 5.82 Å². The molecule has 0 aliphatic rings. The Morgan fingerprint density at radius 2 is 2.33 bits per heavy atom. The maximum atomic E-state index is 12.0. The molecule has 1 heterocycles. The van der Waals surface area contributed by atoms with Gasteiger partial charge in [-0.2, -0.15) is 4.98 Å². The predicted molar refractivity (Wildman–Crippen MR) is 77.6 cm³/mol. The summed E-state index contributed by atoms with van der Waals surface area (Å²) in [6, 6.07) is 4.87. The molecule has 7 heteroatoms. The van der Waals surface area contributed by atoms with E-state index < -0.39 is 0 Å². The Labute approximate surface area is 126 Å². The molecule has 1 aromatic carbocycles. The van der Waals surface area contributed by atoms with Gasteiger partial charge in [-0.25, -0.2) is 0 Å². The van der Waals surface area contributed by atoms with Crippen LogP contribution in [0.15, 0.2) is 22.7 Å². The summed E-state index contributed by atoms with van der Waals surface area (Å²) in [5.41, 5.74) is 6.36. The van der Waals surface area contributed by atoms with Gasteiger partial charge in [-0.15, -0.1) is 0 Å². The fourth-order valence-corrected chi connectivity index (χ4v) is 1.80. The van der Waals surface area contributed by atoms with Crippen LogP contribution in [0, 0.1) is 18.8 Å². The lowest BCUT2D eigenvalue weighted by atomic mass is 10.1. The lowest BCUT2D eigenvalue weighted by Crippen LogP contribution is -2.23. The van der Waals surface area contributed by atoms with E-state index in [1.807, 2.05) is 0 Å². The largest absolute Gasteiger partial charge is 0.343 e. The second-order valence-electron chi connectivity index (χ2n) is 4.12. The third kappa shape index (κ3) is 4.05. The van der Waals surface area contributed by atoms with Gasteiger partial charge in [0.25, 0.3) is 5.91 Å². The number of nitrogens with two attached hydrogens (primary N) is 1. The Morgan fingerprint density at radius 3 is 2.95 bits per heavy atom. The lowest BCUT2D eigenvalue weighted by Gasteiger charge is -2.04. The molecule has 108 valence electrons. The number of halogens is 1. The molecule has 0 atom stereocenters. The van der Waals surface area contributed by atoms with Gasteiger partial charge in [-0.1, -0.05) is 28.6 Å². The van der Waals surface area contributed by atoms with Gasteiger partial charge in [0.2, 0.25) is 5.89 Å². The summed E-state index contributed by atoms with van der Waals surface area (Å²) >= 11 is 6.07. The van der Waals surface area contributed by atoms with E-state index in [9.17, 15) is 4.79 Å². The van der Waals surface area contributed by atoms with Crippen molar-refractivity contribution < 1.29 is 9.32 Å². The van der Waals surface area contributed by atoms with Gasteiger partial charge < -0.3 is 15.6 Å². The zero-order valence-corrected chi connectivity index (χ0v) is 12.1. The van der Waals surface area contributed by atoms with Gasteiger partial charge >= 0.3 is 0 Å². The molecule has 1 aromatic heterocycles. The van der Waals surface area contributed by atoms with Crippen molar-refractivity contribution in [2.45, 2.75) is 13.5 Å². The molecule has 2 aromatic rings. The molecule has 0 aliphatic carbocycles. The number of aromatic nitrogens is 2. The summed E-state index contributed by atoms with van der Waals surface area (Å²) in [7, 11) is 0. The molecule has 0 bridgehead atoms. The first kappa shape index (κ1) is 15.0. The number of nitrogens with zero attached hydrogens (tertiary/aromatic N) is 2. The maximum Gasteiger partial charge on any atom is 0.251 e. The quantitative estimate of drug-likeness (QED) is 0.833. The molecule has 0 spiro atoms. The molecule has 21 heavy (non-hydrogen) atoms. The van der Waals surface area contributed by atoms with E-state index in [0.717, 1.165) is 0 Å². The van der Waals surface area contributed by atoms with E-state index in [-0.39, 0.29) is 19.0 Å². The third-order valence-corrected chi connectivity index (χ3v) is 2.84. The summed E-state index contributed by atoms with van der Waals surface area (Å²) in [4.78, 5) is 16.0. The molecule has 0 unspecified atom stereocenters. The highest BCUT2D eigenvalue weighted by atomic mass is 35.5. The highest BCUT2D eigenvalue weighted by Crippen LogP contribution is 2.17. The number of carbonyl (C=O) groups excluding carboxylic acids is 1. The maximum absolute atomic E-state index is 12.0. The monoisotopic (exact) mass is 304 g/mol. The van der Waals surface area contributed by atoms with Crippen LogP contribution < -0.4 is 11.1 Å². The van der Waals surface area contributed by atoms with Crippen LogP contribution in [0.1, 0.15) is 27.6 Å². The van der Waals surface area contributed by atoms with Crippen molar-refractivity contribution in [3.63, 3.8) is 0 Å². The van der Waals surface area contributed by atoms with Crippen LogP contribution in [0.25, 0.3) is 0 Å². The minimum absolute atomic E-state index is 0.159. The van der Waals surface area contributed by atoms with E-state index >= 15 is 0 Å². The van der Waals surface area contributed by atoms with Crippen LogP contribution in [-0.4, -0.2) is 22.6 Å². The Balaban J connectivity index is 2.04. The Morgan fingerprint density at radius 1 is 1.52 bits per heavy atom. The number of hydrogen-bond acceptors (Lipinski definition) is 5. The van der Waals surface area contributed by atoms with Crippen LogP contribution in [-0.2, 0) is 6.54 Å². The summed E-state index contributed by atoms with van der Waals surface area (Å²) < 4.78 is 4.91. The molecule has 0 aliphatic heterocycles. The minimum Gasteiger partial charge on any atom is -0.343 e. The fourth-order valence-electron chi connectivity index (χ4n) is 1.57. The van der Waals surface area contributed by atoms with Crippen molar-refractivity contribution >= 4 is 17.5 Å². The van der Waals surface area contributed by atoms with Crippen LogP contribution in [0.3, 0.4) is 0 Å². The fraction of sp³-hybridized carbons (Fsp3) is 0.214. The van der Waals surface area contributed by atoms with E-state index in [4.69, 9.17) is 21.9 Å². The number of rotatable bonds is 3. The number of hydrogen-bond donors (Lipinski definition) is 2. The zero-order valence-electron chi connectivity index (χ0n) is 11.3. The molecule has 0 fully saturated rings. The van der Waals surface area contributed by atoms with Gasteiger partial charge in [-0.3, -0.25) is 4.79 Å². The number of amides is 1. The van der Waals surface area contributed by atoms with Crippen LogP contribution in [0.2, 0.25) is 5.02 Å². The highest BCUT2D eigenvalue weighted by Gasteiger charge is 2.10. The Hall–Kier alpha value is -2.36. The van der Waals surface area contributed by atoms with E-state index in [0.29, 0.717) is 27.9 Å². The van der Waals surface area contributed by atoms with E-state index in [1.54, 1.807) is 25.1 Å². The summed E-state index contributed by atoms with van der Waals surface area (Å²) in [5, 5.41) is 6.71. The van der Waals surface area contributed by atoms with E-state index in [1.165, 1.54) is 0 Å². The average molecular weight is 305 g/mol. The van der Waals surface area contributed by atoms with Gasteiger partial charge in [0.1, 0.15) is 0 Å². The molecule has 0 radical (unpaired) electrons. The second-order valence-corrected chi connectivity index (χ2v) is 4.53. The summed E-state index contributed by atoms with van der Waals surface area (Å²) in [5.74, 6) is 6.11. The summed E-state index contributed by atoms with van der Waals surface area (Å²) in [6.45, 7) is 2.11.